The van der Waals surface area contributed by atoms with Crippen molar-refractivity contribution in [2.45, 2.75) is 116 Å². The second kappa shape index (κ2) is 22.7. The Morgan fingerprint density at radius 1 is 0.689 bits per heavy atom. The second-order valence-corrected chi connectivity index (χ2v) is 11.6. The molecule has 0 aromatic heterocycles. The highest BCUT2D eigenvalue weighted by atomic mass is 16.5. The molecule has 0 radical (unpaired) electrons. The number of amides is 3. The molecule has 0 bridgehead atoms. The number of anilines is 2. The number of hydrogen-bond acceptors (Lipinski definition) is 6. The zero-order valence-corrected chi connectivity index (χ0v) is 27.2. The summed E-state index contributed by atoms with van der Waals surface area (Å²) in [7, 11) is 1.26. The van der Waals surface area contributed by atoms with Gasteiger partial charge in [0.05, 0.1) is 19.3 Å². The van der Waals surface area contributed by atoms with E-state index in [2.05, 4.69) is 27.6 Å². The van der Waals surface area contributed by atoms with E-state index in [-0.39, 0.29) is 17.0 Å². The number of nitrogens with one attached hydrogen (secondary N) is 3. The van der Waals surface area contributed by atoms with Gasteiger partial charge in [-0.25, -0.2) is 4.79 Å². The van der Waals surface area contributed by atoms with Crippen LogP contribution in [0.2, 0.25) is 0 Å². The van der Waals surface area contributed by atoms with E-state index in [9.17, 15) is 24.3 Å². The van der Waals surface area contributed by atoms with Crippen molar-refractivity contribution in [3.63, 3.8) is 0 Å². The van der Waals surface area contributed by atoms with Gasteiger partial charge in [0.25, 0.3) is 5.91 Å². The Bertz CT molecular complexity index is 1170. The predicted octanol–water partition coefficient (Wildman–Crippen LogP) is 7.40. The van der Waals surface area contributed by atoms with Gasteiger partial charge in [-0.2, -0.15) is 0 Å². The molecule has 0 saturated carbocycles. The molecule has 2 aromatic rings. The zero-order chi connectivity index (χ0) is 32.7. The van der Waals surface area contributed by atoms with Crippen LogP contribution in [-0.2, 0) is 14.3 Å². The maximum Gasteiger partial charge on any atom is 0.337 e. The van der Waals surface area contributed by atoms with Gasteiger partial charge >= 0.3 is 5.97 Å². The van der Waals surface area contributed by atoms with E-state index in [1.54, 1.807) is 42.5 Å². The molecule has 0 spiro atoms. The molecule has 3 amide bonds. The lowest BCUT2D eigenvalue weighted by molar-refractivity contribution is -0.119. The molecule has 0 heterocycles. The minimum absolute atomic E-state index is 0.0600. The topological polar surface area (TPSA) is 134 Å². The molecule has 0 fully saturated rings. The van der Waals surface area contributed by atoms with Crippen LogP contribution in [0.15, 0.2) is 48.5 Å². The maximum absolute atomic E-state index is 12.7. The number of methoxy groups -OCH3 is 1. The number of rotatable bonds is 23. The fraction of sp³-hybridized carbons (Fsp3) is 0.556. The van der Waals surface area contributed by atoms with Crippen LogP contribution in [0, 0.1) is 0 Å². The first-order valence-corrected chi connectivity index (χ1v) is 16.7. The molecule has 2 rings (SSSR count). The third-order valence-electron chi connectivity index (χ3n) is 7.79. The Balaban J connectivity index is 1.61. The lowest BCUT2D eigenvalue weighted by Crippen LogP contribution is -2.46. The summed E-state index contributed by atoms with van der Waals surface area (Å²) < 4.78 is 4.68. The molecular formula is C36H53N3O6. The van der Waals surface area contributed by atoms with Crippen LogP contribution in [0.3, 0.4) is 0 Å². The minimum Gasteiger partial charge on any atom is -0.465 e. The molecule has 248 valence electrons. The zero-order valence-electron chi connectivity index (χ0n) is 27.2. The number of benzene rings is 2. The van der Waals surface area contributed by atoms with Crippen LogP contribution >= 0.6 is 0 Å². The first-order chi connectivity index (χ1) is 21.9. The van der Waals surface area contributed by atoms with Crippen molar-refractivity contribution >= 4 is 35.1 Å². The standard InChI is InChI=1S/C36H53N3O6/c1-3-4-5-6-7-8-9-10-11-12-13-14-15-16-17-21-33(41)37-30-24-22-28(23-25-30)34(42)39-32(27-40)35(43)38-31-20-18-19-29(26-31)36(44)45-2/h18-20,22-26,32,40H,3-17,21,27H2,1-2H3,(H,37,41)(H,38,43)(H,39,42)/t32-/m0/s1. The van der Waals surface area contributed by atoms with Crippen LogP contribution in [0.1, 0.15) is 130 Å². The molecule has 0 aliphatic rings. The fourth-order valence-electron chi connectivity index (χ4n) is 5.09. The molecule has 4 N–H and O–H groups in total. The van der Waals surface area contributed by atoms with E-state index in [1.807, 2.05) is 0 Å². The van der Waals surface area contributed by atoms with Crippen molar-refractivity contribution < 1.29 is 29.0 Å². The molecule has 9 nitrogen and oxygen atoms in total. The smallest absolute Gasteiger partial charge is 0.337 e. The first-order valence-electron chi connectivity index (χ1n) is 16.7. The van der Waals surface area contributed by atoms with Crippen LogP contribution in [0.4, 0.5) is 11.4 Å². The maximum atomic E-state index is 12.7. The van der Waals surface area contributed by atoms with Gasteiger partial charge in [-0.05, 0) is 48.9 Å². The summed E-state index contributed by atoms with van der Waals surface area (Å²) in [4.78, 5) is 49.4. The summed E-state index contributed by atoms with van der Waals surface area (Å²) in [6.45, 7) is 1.63. The third kappa shape index (κ3) is 15.7. The van der Waals surface area contributed by atoms with Crippen LogP contribution < -0.4 is 16.0 Å². The normalized spacial score (nSPS) is 11.4. The number of unbranched alkanes of at least 4 members (excludes halogenated alkanes) is 14. The highest BCUT2D eigenvalue weighted by Crippen LogP contribution is 2.16. The largest absolute Gasteiger partial charge is 0.465 e. The number of hydrogen-bond donors (Lipinski definition) is 4. The first kappa shape index (κ1) is 37.5. The van der Waals surface area contributed by atoms with Crippen molar-refractivity contribution in [1.82, 2.24) is 5.32 Å². The van der Waals surface area contributed by atoms with Crippen molar-refractivity contribution in [2.75, 3.05) is 24.4 Å². The molecule has 0 aliphatic heterocycles. The van der Waals surface area contributed by atoms with Crippen molar-refractivity contribution in [3.8, 4) is 0 Å². The molecule has 0 aliphatic carbocycles. The van der Waals surface area contributed by atoms with Gasteiger partial charge < -0.3 is 25.8 Å². The predicted molar refractivity (Wildman–Crippen MR) is 179 cm³/mol. The number of carbonyl (C=O) groups is 4. The Kier molecular flexibility index (Phi) is 18.9. The Morgan fingerprint density at radius 3 is 1.78 bits per heavy atom. The molecule has 0 saturated heterocycles. The summed E-state index contributed by atoms with van der Waals surface area (Å²) in [5, 5.41) is 17.6. The molecule has 45 heavy (non-hydrogen) atoms. The van der Waals surface area contributed by atoms with Crippen molar-refractivity contribution in [1.29, 1.82) is 0 Å². The molecule has 1 atom stereocenters. The van der Waals surface area contributed by atoms with Crippen molar-refractivity contribution in [2.24, 2.45) is 0 Å². The highest BCUT2D eigenvalue weighted by Gasteiger charge is 2.21. The monoisotopic (exact) mass is 623 g/mol. The average molecular weight is 624 g/mol. The quantitative estimate of drug-likeness (QED) is 0.0753. The van der Waals surface area contributed by atoms with Crippen LogP contribution in [-0.4, -0.2) is 48.6 Å². The summed E-state index contributed by atoms with van der Waals surface area (Å²) >= 11 is 0. The van der Waals surface area contributed by atoms with Gasteiger partial charge in [0.1, 0.15) is 6.04 Å². The van der Waals surface area contributed by atoms with E-state index in [0.717, 1.165) is 19.3 Å². The van der Waals surface area contributed by atoms with Gasteiger partial charge in [-0.3, -0.25) is 14.4 Å². The Morgan fingerprint density at radius 2 is 1.24 bits per heavy atom. The molecule has 0 unspecified atom stereocenters. The molecule has 9 heteroatoms. The molecular weight excluding hydrogens is 570 g/mol. The van der Waals surface area contributed by atoms with Crippen LogP contribution in [0.25, 0.3) is 0 Å². The van der Waals surface area contributed by atoms with E-state index in [1.165, 1.54) is 90.2 Å². The minimum atomic E-state index is -1.21. The van der Waals surface area contributed by atoms with Gasteiger partial charge in [0.2, 0.25) is 11.8 Å². The van der Waals surface area contributed by atoms with Gasteiger partial charge in [-0.15, -0.1) is 0 Å². The number of aliphatic hydroxyl groups excluding tert-OH is 1. The fourth-order valence-corrected chi connectivity index (χ4v) is 5.09. The van der Waals surface area contributed by atoms with Gasteiger partial charge in [0.15, 0.2) is 0 Å². The SMILES string of the molecule is CCCCCCCCCCCCCCCCCC(=O)Nc1ccc(C(=O)N[C@@H](CO)C(=O)Nc2cccc(C(=O)OC)c2)cc1. The molecule has 2 aromatic carbocycles. The number of esters is 1. The van der Waals surface area contributed by atoms with E-state index >= 15 is 0 Å². The Labute approximate surface area is 268 Å². The van der Waals surface area contributed by atoms with Gasteiger partial charge in [0, 0.05) is 23.4 Å². The van der Waals surface area contributed by atoms with Gasteiger partial charge in [-0.1, -0.05) is 103 Å². The third-order valence-corrected chi connectivity index (χ3v) is 7.79. The van der Waals surface area contributed by atoms with E-state index in [4.69, 9.17) is 0 Å². The van der Waals surface area contributed by atoms with Crippen LogP contribution in [0.5, 0.6) is 0 Å². The van der Waals surface area contributed by atoms with E-state index < -0.39 is 30.4 Å². The summed E-state index contributed by atoms with van der Waals surface area (Å²) in [5.74, 6) is -1.81. The lowest BCUT2D eigenvalue weighted by Gasteiger charge is -2.17. The number of aliphatic hydroxyl groups is 1. The highest BCUT2D eigenvalue weighted by molar-refractivity contribution is 6.02. The summed E-state index contributed by atoms with van der Waals surface area (Å²) in [5.41, 5.74) is 1.43. The van der Waals surface area contributed by atoms with E-state index in [0.29, 0.717) is 17.8 Å². The average Bonchev–Trinajstić information content (AvgIpc) is 3.05. The second-order valence-electron chi connectivity index (χ2n) is 11.6. The Hall–Kier alpha value is -3.72. The number of ether oxygens (including phenoxy) is 1. The lowest BCUT2D eigenvalue weighted by atomic mass is 10.0. The number of carbonyl (C=O) groups excluding carboxylic acids is 4. The summed E-state index contributed by atoms with van der Waals surface area (Å²) in [6, 6.07) is 11.3. The van der Waals surface area contributed by atoms with Crippen molar-refractivity contribution in [3.05, 3.63) is 59.7 Å². The summed E-state index contributed by atoms with van der Waals surface area (Å²) in [6.07, 6.45) is 19.6.